The van der Waals surface area contributed by atoms with E-state index >= 15 is 0 Å². The highest BCUT2D eigenvalue weighted by Gasteiger charge is 2.39. The minimum Gasteiger partial charge on any atom is -0.444 e. The SMILES string of the molecule is CC(C)(C)OC(=O)N1CCCC(CC(=O)ON2C(=O)c3ccccc3C2=O)CC1. The predicted molar refractivity (Wildman–Crippen MR) is 103 cm³/mol. The van der Waals surface area contributed by atoms with Crippen molar-refractivity contribution in [2.24, 2.45) is 5.92 Å². The first kappa shape index (κ1) is 20.8. The van der Waals surface area contributed by atoms with Gasteiger partial charge in [0.2, 0.25) is 0 Å². The molecule has 0 spiro atoms. The summed E-state index contributed by atoms with van der Waals surface area (Å²) in [6.07, 6.45) is 1.83. The zero-order valence-electron chi connectivity index (χ0n) is 17.0. The Bertz CT molecular complexity index is 794. The Labute approximate surface area is 169 Å². The lowest BCUT2D eigenvalue weighted by molar-refractivity contribution is -0.169. The lowest BCUT2D eigenvalue weighted by Gasteiger charge is -2.26. The quantitative estimate of drug-likeness (QED) is 0.721. The maximum atomic E-state index is 12.4. The fraction of sp³-hybridized carbons (Fsp3) is 0.524. The third kappa shape index (κ3) is 4.93. The van der Waals surface area contributed by atoms with Gasteiger partial charge in [0, 0.05) is 13.1 Å². The zero-order chi connectivity index (χ0) is 21.2. The van der Waals surface area contributed by atoms with Crippen LogP contribution in [-0.4, -0.2) is 52.5 Å². The van der Waals surface area contributed by atoms with E-state index in [1.165, 1.54) is 12.1 Å². The molecule has 1 unspecified atom stereocenters. The molecule has 156 valence electrons. The number of hydrogen-bond acceptors (Lipinski definition) is 6. The summed E-state index contributed by atoms with van der Waals surface area (Å²) in [4.78, 5) is 55.9. The summed E-state index contributed by atoms with van der Waals surface area (Å²) in [5, 5.41) is 0.538. The third-order valence-electron chi connectivity index (χ3n) is 4.90. The van der Waals surface area contributed by atoms with E-state index in [4.69, 9.17) is 9.57 Å². The van der Waals surface area contributed by atoms with Gasteiger partial charge in [-0.3, -0.25) is 9.59 Å². The minimum atomic E-state index is -0.629. The zero-order valence-corrected chi connectivity index (χ0v) is 17.0. The topological polar surface area (TPSA) is 93.2 Å². The maximum absolute atomic E-state index is 12.4. The summed E-state index contributed by atoms with van der Waals surface area (Å²) in [6, 6.07) is 6.36. The minimum absolute atomic E-state index is 0.00474. The van der Waals surface area contributed by atoms with E-state index in [0.717, 1.165) is 12.8 Å². The monoisotopic (exact) mass is 402 g/mol. The average molecular weight is 402 g/mol. The van der Waals surface area contributed by atoms with Crippen molar-refractivity contribution < 1.29 is 28.8 Å². The van der Waals surface area contributed by atoms with Crippen LogP contribution < -0.4 is 0 Å². The fourth-order valence-corrected chi connectivity index (χ4v) is 3.50. The van der Waals surface area contributed by atoms with Crippen LogP contribution in [0.15, 0.2) is 24.3 Å². The average Bonchev–Trinajstić information content (AvgIpc) is 2.81. The molecule has 29 heavy (non-hydrogen) atoms. The molecule has 0 aliphatic carbocycles. The number of rotatable bonds is 3. The largest absolute Gasteiger partial charge is 0.444 e. The Kier molecular flexibility index (Phi) is 5.91. The summed E-state index contributed by atoms with van der Waals surface area (Å²) in [5.74, 6) is -1.88. The molecule has 1 aromatic rings. The van der Waals surface area contributed by atoms with Gasteiger partial charge in [0.1, 0.15) is 5.60 Å². The lowest BCUT2D eigenvalue weighted by Crippen LogP contribution is -2.37. The molecular formula is C21H26N2O6. The number of fused-ring (bicyclic) bond motifs is 1. The van der Waals surface area contributed by atoms with Gasteiger partial charge in [0.25, 0.3) is 11.8 Å². The highest BCUT2D eigenvalue weighted by molar-refractivity contribution is 6.20. The summed E-state index contributed by atoms with van der Waals surface area (Å²) in [6.45, 7) is 6.51. The number of nitrogens with zero attached hydrogens (tertiary/aromatic N) is 2. The number of ether oxygens (including phenoxy) is 1. The smallest absolute Gasteiger partial charge is 0.410 e. The Balaban J connectivity index is 1.52. The number of imide groups is 1. The van der Waals surface area contributed by atoms with Crippen LogP contribution in [0.5, 0.6) is 0 Å². The highest BCUT2D eigenvalue weighted by atomic mass is 16.7. The molecule has 1 saturated heterocycles. The molecule has 0 aromatic heterocycles. The van der Waals surface area contributed by atoms with E-state index < -0.39 is 23.4 Å². The van der Waals surface area contributed by atoms with Gasteiger partial charge in [0.05, 0.1) is 17.5 Å². The van der Waals surface area contributed by atoms with Gasteiger partial charge < -0.3 is 14.5 Å². The molecule has 1 fully saturated rings. The van der Waals surface area contributed by atoms with E-state index in [9.17, 15) is 19.2 Å². The molecule has 1 atom stereocenters. The number of hydroxylamine groups is 2. The first-order valence-corrected chi connectivity index (χ1v) is 9.82. The van der Waals surface area contributed by atoms with E-state index in [1.807, 2.05) is 20.8 Å². The van der Waals surface area contributed by atoms with Crippen molar-refractivity contribution in [1.29, 1.82) is 0 Å². The second-order valence-electron chi connectivity index (χ2n) is 8.38. The molecule has 8 heteroatoms. The molecule has 8 nitrogen and oxygen atoms in total. The predicted octanol–water partition coefficient (Wildman–Crippen LogP) is 3.17. The number of benzene rings is 1. The molecule has 2 heterocycles. The normalized spacial score (nSPS) is 19.6. The van der Waals surface area contributed by atoms with E-state index in [0.29, 0.717) is 24.6 Å². The van der Waals surface area contributed by atoms with Crippen LogP contribution in [0.1, 0.15) is 67.2 Å². The Morgan fingerprint density at radius 1 is 1.03 bits per heavy atom. The molecule has 0 bridgehead atoms. The van der Waals surface area contributed by atoms with Crippen molar-refractivity contribution in [3.05, 3.63) is 35.4 Å². The van der Waals surface area contributed by atoms with Crippen molar-refractivity contribution in [3.8, 4) is 0 Å². The molecule has 3 rings (SSSR count). The van der Waals surface area contributed by atoms with E-state index in [-0.39, 0.29) is 29.6 Å². The number of amides is 3. The summed E-state index contributed by atoms with van der Waals surface area (Å²) >= 11 is 0. The van der Waals surface area contributed by atoms with Crippen LogP contribution in [0.25, 0.3) is 0 Å². The molecule has 0 radical (unpaired) electrons. The molecule has 2 aliphatic heterocycles. The van der Waals surface area contributed by atoms with Crippen LogP contribution in [-0.2, 0) is 14.4 Å². The van der Waals surface area contributed by atoms with Crippen LogP contribution in [0.3, 0.4) is 0 Å². The first-order valence-electron chi connectivity index (χ1n) is 9.82. The van der Waals surface area contributed by atoms with Crippen molar-refractivity contribution >= 4 is 23.9 Å². The molecule has 0 saturated carbocycles. The van der Waals surface area contributed by atoms with Gasteiger partial charge in [-0.25, -0.2) is 9.59 Å². The summed E-state index contributed by atoms with van der Waals surface area (Å²) in [7, 11) is 0. The number of hydrogen-bond donors (Lipinski definition) is 0. The van der Waals surface area contributed by atoms with Crippen LogP contribution >= 0.6 is 0 Å². The number of carbonyl (C=O) groups excluding carboxylic acids is 4. The van der Waals surface area contributed by atoms with Gasteiger partial charge in [-0.2, -0.15) is 0 Å². The number of carbonyl (C=O) groups is 4. The van der Waals surface area contributed by atoms with Crippen molar-refractivity contribution in [1.82, 2.24) is 9.96 Å². The lowest BCUT2D eigenvalue weighted by atomic mass is 9.97. The standard InChI is InChI=1S/C21H26N2O6/c1-21(2,3)28-20(27)22-11-6-7-14(10-12-22)13-17(24)29-23-18(25)15-8-4-5-9-16(15)19(23)26/h4-5,8-9,14H,6-7,10-13H2,1-3H3. The summed E-state index contributed by atoms with van der Waals surface area (Å²) in [5.41, 5.74) is -0.0977. The Morgan fingerprint density at radius 3 is 2.24 bits per heavy atom. The Hall–Kier alpha value is -2.90. The van der Waals surface area contributed by atoms with Crippen molar-refractivity contribution in [2.75, 3.05) is 13.1 Å². The highest BCUT2D eigenvalue weighted by Crippen LogP contribution is 2.26. The van der Waals surface area contributed by atoms with Gasteiger partial charge in [-0.1, -0.05) is 17.2 Å². The second kappa shape index (κ2) is 8.23. The van der Waals surface area contributed by atoms with Gasteiger partial charge in [0.15, 0.2) is 0 Å². The Morgan fingerprint density at radius 2 is 1.66 bits per heavy atom. The van der Waals surface area contributed by atoms with Crippen LogP contribution in [0, 0.1) is 5.92 Å². The third-order valence-corrected chi connectivity index (χ3v) is 4.90. The molecule has 0 N–H and O–H groups in total. The van der Waals surface area contributed by atoms with Gasteiger partial charge >= 0.3 is 12.1 Å². The fourth-order valence-electron chi connectivity index (χ4n) is 3.50. The van der Waals surface area contributed by atoms with Gasteiger partial charge in [-0.15, -0.1) is 0 Å². The second-order valence-corrected chi connectivity index (χ2v) is 8.38. The van der Waals surface area contributed by atoms with E-state index in [2.05, 4.69) is 0 Å². The van der Waals surface area contributed by atoms with Crippen LogP contribution in [0.2, 0.25) is 0 Å². The molecule has 2 aliphatic rings. The molecule has 1 aromatic carbocycles. The molecule has 3 amide bonds. The van der Waals surface area contributed by atoms with Crippen molar-refractivity contribution in [3.63, 3.8) is 0 Å². The number of likely N-dealkylation sites (tertiary alicyclic amines) is 1. The van der Waals surface area contributed by atoms with Crippen LogP contribution in [0.4, 0.5) is 4.79 Å². The van der Waals surface area contributed by atoms with E-state index in [1.54, 1.807) is 17.0 Å². The van der Waals surface area contributed by atoms with Gasteiger partial charge in [-0.05, 0) is 58.1 Å². The first-order chi connectivity index (χ1) is 13.7. The maximum Gasteiger partial charge on any atom is 0.410 e. The van der Waals surface area contributed by atoms with Crippen molar-refractivity contribution in [2.45, 2.75) is 52.1 Å². The molecular weight excluding hydrogens is 376 g/mol. The summed E-state index contributed by atoms with van der Waals surface area (Å²) < 4.78 is 5.41.